The molecule has 2 unspecified atom stereocenters. The zero-order valence-corrected chi connectivity index (χ0v) is 13.6. The molecule has 0 spiro atoms. The van der Waals surface area contributed by atoms with Crippen LogP contribution in [-0.4, -0.2) is 11.7 Å². The van der Waals surface area contributed by atoms with E-state index in [0.29, 0.717) is 6.42 Å². The largest absolute Gasteiger partial charge is 0.328 e. The average molecular weight is 285 g/mol. The van der Waals surface area contributed by atoms with Gasteiger partial charge in [-0.25, -0.2) is 4.39 Å². The monoisotopic (exact) mass is 285 g/mol. The van der Waals surface area contributed by atoms with E-state index in [2.05, 4.69) is 6.92 Å². The maximum atomic E-state index is 14.5. The van der Waals surface area contributed by atoms with Crippen LogP contribution in [0.15, 0.2) is 0 Å². The van der Waals surface area contributed by atoms with Gasteiger partial charge in [0, 0.05) is 6.04 Å². The van der Waals surface area contributed by atoms with E-state index in [0.717, 1.165) is 32.1 Å². The van der Waals surface area contributed by atoms with E-state index in [1.807, 2.05) is 0 Å². The van der Waals surface area contributed by atoms with E-state index in [4.69, 9.17) is 5.73 Å². The zero-order valence-electron chi connectivity index (χ0n) is 13.6. The summed E-state index contributed by atoms with van der Waals surface area (Å²) in [4.78, 5) is 0. The molecule has 1 fully saturated rings. The van der Waals surface area contributed by atoms with Crippen molar-refractivity contribution in [2.45, 2.75) is 115 Å². The molecule has 2 heteroatoms. The molecule has 0 saturated heterocycles. The highest BCUT2D eigenvalue weighted by Crippen LogP contribution is 2.35. The van der Waals surface area contributed by atoms with Crippen LogP contribution in [0.1, 0.15) is 103 Å². The molecule has 0 aromatic heterocycles. The Bertz CT molecular complexity index is 231. The molecule has 1 aliphatic carbocycles. The molecule has 0 amide bonds. The molecule has 0 aromatic rings. The van der Waals surface area contributed by atoms with Crippen LogP contribution in [0.2, 0.25) is 0 Å². The molecule has 1 aliphatic rings. The second kappa shape index (κ2) is 10.6. The molecule has 0 bridgehead atoms. The Morgan fingerprint density at radius 1 is 0.950 bits per heavy atom. The van der Waals surface area contributed by atoms with Crippen LogP contribution < -0.4 is 5.73 Å². The zero-order chi connectivity index (χ0) is 14.7. The van der Waals surface area contributed by atoms with E-state index in [1.165, 1.54) is 57.8 Å². The Morgan fingerprint density at radius 2 is 1.50 bits per heavy atom. The Kier molecular flexibility index (Phi) is 9.50. The summed E-state index contributed by atoms with van der Waals surface area (Å²) in [5.41, 5.74) is 4.96. The summed E-state index contributed by atoms with van der Waals surface area (Å²) in [6.07, 6.45) is 17.3. The van der Waals surface area contributed by atoms with Crippen LogP contribution in [0.25, 0.3) is 0 Å². The van der Waals surface area contributed by atoms with Crippen LogP contribution in [-0.2, 0) is 0 Å². The minimum absolute atomic E-state index is 0.108. The van der Waals surface area contributed by atoms with Gasteiger partial charge >= 0.3 is 0 Å². The SMILES string of the molecule is CCCCCCCCCCCCC1(F)CCCC(N)C1. The van der Waals surface area contributed by atoms with Gasteiger partial charge in [0.05, 0.1) is 0 Å². The van der Waals surface area contributed by atoms with Crippen LogP contribution in [0, 0.1) is 0 Å². The fourth-order valence-electron chi connectivity index (χ4n) is 3.51. The summed E-state index contributed by atoms with van der Waals surface area (Å²) in [6, 6.07) is 0.108. The number of alkyl halides is 1. The number of hydrogen-bond donors (Lipinski definition) is 1. The highest BCUT2D eigenvalue weighted by Gasteiger charge is 2.34. The van der Waals surface area contributed by atoms with Crippen molar-refractivity contribution in [1.82, 2.24) is 0 Å². The van der Waals surface area contributed by atoms with Gasteiger partial charge in [0.1, 0.15) is 5.67 Å². The lowest BCUT2D eigenvalue weighted by Gasteiger charge is -2.33. The van der Waals surface area contributed by atoms with Crippen molar-refractivity contribution in [1.29, 1.82) is 0 Å². The standard InChI is InChI=1S/C18H36FN/c1-2-3-4-5-6-7-8-9-10-11-14-18(19)15-12-13-17(20)16-18/h17H,2-16,20H2,1H3. The fourth-order valence-corrected chi connectivity index (χ4v) is 3.51. The van der Waals surface area contributed by atoms with Gasteiger partial charge in [0.15, 0.2) is 0 Å². The number of rotatable bonds is 11. The van der Waals surface area contributed by atoms with E-state index in [1.54, 1.807) is 0 Å². The summed E-state index contributed by atoms with van der Waals surface area (Å²) >= 11 is 0. The lowest BCUT2D eigenvalue weighted by atomic mass is 9.80. The van der Waals surface area contributed by atoms with Gasteiger partial charge in [-0.2, -0.15) is 0 Å². The predicted octanol–water partition coefficient (Wildman–Crippen LogP) is 5.91. The molecule has 1 saturated carbocycles. The number of unbranched alkanes of at least 4 members (excludes halogenated alkanes) is 9. The smallest absolute Gasteiger partial charge is 0.112 e. The Balaban J connectivity index is 1.89. The van der Waals surface area contributed by atoms with Gasteiger partial charge in [-0.15, -0.1) is 0 Å². The van der Waals surface area contributed by atoms with Crippen LogP contribution in [0.3, 0.4) is 0 Å². The molecule has 2 N–H and O–H groups in total. The lowest BCUT2D eigenvalue weighted by Crippen LogP contribution is -2.37. The first-order chi connectivity index (χ1) is 9.66. The minimum Gasteiger partial charge on any atom is -0.328 e. The molecule has 0 radical (unpaired) electrons. The topological polar surface area (TPSA) is 26.0 Å². The molecular weight excluding hydrogens is 249 g/mol. The second-order valence-electron chi connectivity index (χ2n) is 6.94. The molecule has 2 atom stereocenters. The molecular formula is C18H36FN. The van der Waals surface area contributed by atoms with E-state index in [-0.39, 0.29) is 6.04 Å². The summed E-state index contributed by atoms with van der Waals surface area (Å²) in [5.74, 6) is 0. The van der Waals surface area contributed by atoms with Crippen molar-refractivity contribution in [3.63, 3.8) is 0 Å². The first kappa shape index (κ1) is 17.9. The molecule has 120 valence electrons. The molecule has 0 heterocycles. The lowest BCUT2D eigenvalue weighted by molar-refractivity contribution is 0.0829. The first-order valence-corrected chi connectivity index (χ1v) is 9.11. The normalized spacial score (nSPS) is 26.9. The quantitative estimate of drug-likeness (QED) is 0.469. The third kappa shape index (κ3) is 8.24. The van der Waals surface area contributed by atoms with Gasteiger partial charge in [-0.05, 0) is 32.1 Å². The van der Waals surface area contributed by atoms with Gasteiger partial charge in [0.2, 0.25) is 0 Å². The average Bonchev–Trinajstić information content (AvgIpc) is 2.40. The van der Waals surface area contributed by atoms with Crippen LogP contribution in [0.5, 0.6) is 0 Å². The molecule has 0 aromatic carbocycles. The molecule has 20 heavy (non-hydrogen) atoms. The van der Waals surface area contributed by atoms with Crippen molar-refractivity contribution in [2.24, 2.45) is 5.73 Å². The van der Waals surface area contributed by atoms with Crippen LogP contribution in [0.4, 0.5) is 4.39 Å². The Hall–Kier alpha value is -0.110. The summed E-state index contributed by atoms with van der Waals surface area (Å²) in [5, 5.41) is 0. The third-order valence-corrected chi connectivity index (χ3v) is 4.81. The Morgan fingerprint density at radius 3 is 2.05 bits per heavy atom. The predicted molar refractivity (Wildman–Crippen MR) is 86.7 cm³/mol. The second-order valence-corrected chi connectivity index (χ2v) is 6.94. The van der Waals surface area contributed by atoms with E-state index >= 15 is 0 Å². The number of hydrogen-bond acceptors (Lipinski definition) is 1. The first-order valence-electron chi connectivity index (χ1n) is 9.11. The van der Waals surface area contributed by atoms with Crippen LogP contribution >= 0.6 is 0 Å². The van der Waals surface area contributed by atoms with Crippen molar-refractivity contribution < 1.29 is 4.39 Å². The summed E-state index contributed by atoms with van der Waals surface area (Å²) in [7, 11) is 0. The van der Waals surface area contributed by atoms with E-state index < -0.39 is 5.67 Å². The van der Waals surface area contributed by atoms with Gasteiger partial charge in [-0.1, -0.05) is 71.1 Å². The highest BCUT2D eigenvalue weighted by atomic mass is 19.1. The number of nitrogens with two attached hydrogens (primary N) is 1. The van der Waals surface area contributed by atoms with Crippen molar-refractivity contribution in [2.75, 3.05) is 0 Å². The van der Waals surface area contributed by atoms with E-state index in [9.17, 15) is 4.39 Å². The summed E-state index contributed by atoms with van der Waals surface area (Å²) in [6.45, 7) is 2.26. The van der Waals surface area contributed by atoms with Crippen molar-refractivity contribution >= 4 is 0 Å². The van der Waals surface area contributed by atoms with Gasteiger partial charge in [-0.3, -0.25) is 0 Å². The van der Waals surface area contributed by atoms with Crippen molar-refractivity contribution in [3.05, 3.63) is 0 Å². The minimum atomic E-state index is -0.933. The Labute approximate surface area is 125 Å². The maximum Gasteiger partial charge on any atom is 0.112 e. The molecule has 1 nitrogen and oxygen atoms in total. The fraction of sp³-hybridized carbons (Fsp3) is 1.00. The summed E-state index contributed by atoms with van der Waals surface area (Å²) < 4.78 is 14.5. The molecule has 0 aliphatic heterocycles. The highest BCUT2D eigenvalue weighted by molar-refractivity contribution is 4.88. The third-order valence-electron chi connectivity index (χ3n) is 4.81. The number of halogens is 1. The van der Waals surface area contributed by atoms with Crippen molar-refractivity contribution in [3.8, 4) is 0 Å². The maximum absolute atomic E-state index is 14.5. The van der Waals surface area contributed by atoms with Gasteiger partial charge < -0.3 is 5.73 Å². The molecule has 1 rings (SSSR count). The van der Waals surface area contributed by atoms with Gasteiger partial charge in [0.25, 0.3) is 0 Å².